The van der Waals surface area contributed by atoms with Gasteiger partial charge < -0.3 is 15.4 Å². The number of fused-ring (bicyclic) bond motifs is 1. The van der Waals surface area contributed by atoms with Crippen LogP contribution in [0.1, 0.15) is 31.1 Å². The van der Waals surface area contributed by atoms with Crippen LogP contribution in [-0.2, 0) is 0 Å². The molecule has 0 saturated carbocycles. The second kappa shape index (κ2) is 5.25. The normalized spacial score (nSPS) is 13.4. The highest BCUT2D eigenvalue weighted by Crippen LogP contribution is 2.22. The number of aliphatic hydroxyl groups excluding tert-OH is 1. The minimum Gasteiger partial charge on any atom is -0.391 e. The average Bonchev–Trinajstić information content (AvgIpc) is 2.79. The van der Waals surface area contributed by atoms with E-state index in [1.54, 1.807) is 12.1 Å². The molecule has 0 fully saturated rings. The Morgan fingerprint density at radius 1 is 1.45 bits per heavy atom. The Morgan fingerprint density at radius 2 is 2.15 bits per heavy atom. The molecule has 1 amide bonds. The number of hydrogen-bond donors (Lipinski definition) is 3. The molecule has 5 heteroatoms. The van der Waals surface area contributed by atoms with Crippen molar-refractivity contribution in [3.05, 3.63) is 35.8 Å². The Morgan fingerprint density at radius 3 is 2.80 bits per heavy atom. The second-order valence-corrected chi connectivity index (χ2v) is 5.96. The zero-order valence-corrected chi connectivity index (χ0v) is 11.8. The number of hydrogen-bond acceptors (Lipinski definition) is 2. The lowest BCUT2D eigenvalue weighted by Crippen LogP contribution is -2.39. The van der Waals surface area contributed by atoms with E-state index < -0.39 is 17.8 Å². The summed E-state index contributed by atoms with van der Waals surface area (Å²) in [6.45, 7) is 5.78. The molecule has 1 atom stereocenters. The average molecular weight is 278 g/mol. The van der Waals surface area contributed by atoms with Gasteiger partial charge >= 0.3 is 0 Å². The highest BCUT2D eigenvalue weighted by atomic mass is 19.1. The largest absolute Gasteiger partial charge is 0.391 e. The number of carbonyl (C=O) groups excluding carboxylic acids is 1. The zero-order valence-electron chi connectivity index (χ0n) is 11.8. The van der Waals surface area contributed by atoms with Gasteiger partial charge in [-0.2, -0.15) is 0 Å². The van der Waals surface area contributed by atoms with Gasteiger partial charge in [-0.25, -0.2) is 4.39 Å². The molecule has 0 spiro atoms. The van der Waals surface area contributed by atoms with Gasteiger partial charge in [-0.3, -0.25) is 4.79 Å². The van der Waals surface area contributed by atoms with Crippen molar-refractivity contribution in [3.63, 3.8) is 0 Å². The predicted octanol–water partition coefficient (Wildman–Crippen LogP) is 2.44. The van der Waals surface area contributed by atoms with Gasteiger partial charge in [-0.15, -0.1) is 0 Å². The topological polar surface area (TPSA) is 65.1 Å². The van der Waals surface area contributed by atoms with E-state index in [-0.39, 0.29) is 22.9 Å². The van der Waals surface area contributed by atoms with Crippen LogP contribution in [0.15, 0.2) is 24.4 Å². The molecule has 1 aromatic heterocycles. The molecule has 2 aromatic rings. The fraction of sp³-hybridized carbons (Fsp3) is 0.400. The lowest BCUT2D eigenvalue weighted by atomic mass is 9.89. The Bertz CT molecular complexity index is 628. The monoisotopic (exact) mass is 278 g/mol. The van der Waals surface area contributed by atoms with E-state index in [1.165, 1.54) is 12.3 Å². The molecule has 0 saturated heterocycles. The van der Waals surface area contributed by atoms with Crippen molar-refractivity contribution in [2.24, 2.45) is 5.41 Å². The number of aliphatic hydroxyl groups is 1. The summed E-state index contributed by atoms with van der Waals surface area (Å²) < 4.78 is 13.8. The van der Waals surface area contributed by atoms with E-state index in [1.807, 2.05) is 20.8 Å². The van der Waals surface area contributed by atoms with Crippen LogP contribution in [-0.4, -0.2) is 28.6 Å². The molecule has 0 radical (unpaired) electrons. The first-order valence-electron chi connectivity index (χ1n) is 6.52. The van der Waals surface area contributed by atoms with Crippen LogP contribution in [0.3, 0.4) is 0 Å². The molecule has 0 aliphatic heterocycles. The molecule has 1 heterocycles. The molecule has 2 rings (SSSR count). The number of nitrogens with one attached hydrogen (secondary N) is 2. The van der Waals surface area contributed by atoms with E-state index in [2.05, 4.69) is 10.3 Å². The number of H-pyrrole nitrogens is 1. The van der Waals surface area contributed by atoms with E-state index in [9.17, 15) is 14.3 Å². The maximum Gasteiger partial charge on any atom is 0.253 e. The van der Waals surface area contributed by atoms with Crippen LogP contribution in [0.25, 0.3) is 10.9 Å². The van der Waals surface area contributed by atoms with Crippen LogP contribution in [0.5, 0.6) is 0 Å². The number of amides is 1. The highest BCUT2D eigenvalue weighted by molar-refractivity contribution is 6.06. The van der Waals surface area contributed by atoms with Crippen molar-refractivity contribution in [2.45, 2.75) is 26.9 Å². The van der Waals surface area contributed by atoms with Crippen LogP contribution in [0.4, 0.5) is 4.39 Å². The maximum absolute atomic E-state index is 13.8. The van der Waals surface area contributed by atoms with Crippen molar-refractivity contribution >= 4 is 16.8 Å². The summed E-state index contributed by atoms with van der Waals surface area (Å²) >= 11 is 0. The minimum atomic E-state index is -0.665. The summed E-state index contributed by atoms with van der Waals surface area (Å²) in [5, 5.41) is 12.8. The van der Waals surface area contributed by atoms with Gasteiger partial charge in [0, 0.05) is 23.6 Å². The van der Waals surface area contributed by atoms with E-state index >= 15 is 0 Å². The summed E-state index contributed by atoms with van der Waals surface area (Å²) in [4.78, 5) is 15.0. The number of aromatic nitrogens is 1. The van der Waals surface area contributed by atoms with Crippen molar-refractivity contribution in [2.75, 3.05) is 6.54 Å². The first-order valence-corrected chi connectivity index (χ1v) is 6.52. The van der Waals surface area contributed by atoms with Gasteiger partial charge in [0.25, 0.3) is 5.91 Å². The summed E-state index contributed by atoms with van der Waals surface area (Å²) in [5.74, 6) is -0.838. The molecular weight excluding hydrogens is 259 g/mol. The lowest BCUT2D eigenvalue weighted by Gasteiger charge is -2.25. The quantitative estimate of drug-likeness (QED) is 0.807. The van der Waals surface area contributed by atoms with Crippen molar-refractivity contribution in [3.8, 4) is 0 Å². The Balaban J connectivity index is 2.17. The predicted molar refractivity (Wildman–Crippen MR) is 76.1 cm³/mol. The number of rotatable bonds is 3. The van der Waals surface area contributed by atoms with Crippen LogP contribution < -0.4 is 5.32 Å². The van der Waals surface area contributed by atoms with Gasteiger partial charge in [0.05, 0.1) is 11.7 Å². The first-order chi connectivity index (χ1) is 9.30. The minimum absolute atomic E-state index is 0.128. The van der Waals surface area contributed by atoms with Crippen LogP contribution >= 0.6 is 0 Å². The van der Waals surface area contributed by atoms with Gasteiger partial charge in [-0.1, -0.05) is 26.8 Å². The molecule has 1 unspecified atom stereocenters. The van der Waals surface area contributed by atoms with Crippen molar-refractivity contribution < 1.29 is 14.3 Å². The van der Waals surface area contributed by atoms with Gasteiger partial charge in [0.1, 0.15) is 5.82 Å². The Labute approximate surface area is 117 Å². The third-order valence-corrected chi connectivity index (χ3v) is 3.36. The van der Waals surface area contributed by atoms with Gasteiger partial charge in [0.15, 0.2) is 0 Å². The number of carbonyl (C=O) groups is 1. The molecule has 0 bridgehead atoms. The third kappa shape index (κ3) is 2.82. The molecular formula is C15H19FN2O2. The molecule has 0 aliphatic carbocycles. The molecule has 0 aliphatic rings. The van der Waals surface area contributed by atoms with Crippen molar-refractivity contribution in [1.82, 2.24) is 10.3 Å². The second-order valence-electron chi connectivity index (χ2n) is 5.96. The summed E-state index contributed by atoms with van der Waals surface area (Å²) in [6.07, 6.45) is 0.813. The summed E-state index contributed by atoms with van der Waals surface area (Å²) in [5.41, 5.74) is 0.504. The van der Waals surface area contributed by atoms with Gasteiger partial charge in [0.2, 0.25) is 0 Å². The Kier molecular flexibility index (Phi) is 3.81. The highest BCUT2D eigenvalue weighted by Gasteiger charge is 2.23. The Hall–Kier alpha value is -1.88. The number of aromatic amines is 1. The summed E-state index contributed by atoms with van der Waals surface area (Å²) in [6, 6.07) is 4.61. The molecule has 4 nitrogen and oxygen atoms in total. The van der Waals surface area contributed by atoms with Crippen LogP contribution in [0.2, 0.25) is 0 Å². The SMILES string of the molecule is CC(C)(C)C(O)CNC(=O)c1c[nH]c2cccc(F)c12. The van der Waals surface area contributed by atoms with Crippen molar-refractivity contribution in [1.29, 1.82) is 0 Å². The standard InChI is InChI=1S/C15H19FN2O2/c1-15(2,3)12(19)8-18-14(20)9-7-17-11-6-4-5-10(16)13(9)11/h4-7,12,17,19H,8H2,1-3H3,(H,18,20). The third-order valence-electron chi connectivity index (χ3n) is 3.36. The van der Waals surface area contributed by atoms with Crippen LogP contribution in [0, 0.1) is 11.2 Å². The zero-order chi connectivity index (χ0) is 14.9. The molecule has 20 heavy (non-hydrogen) atoms. The lowest BCUT2D eigenvalue weighted by molar-refractivity contribution is 0.0587. The van der Waals surface area contributed by atoms with Gasteiger partial charge in [-0.05, 0) is 17.5 Å². The maximum atomic E-state index is 13.8. The molecule has 3 N–H and O–H groups in total. The smallest absolute Gasteiger partial charge is 0.253 e. The fourth-order valence-electron chi connectivity index (χ4n) is 1.91. The number of benzene rings is 1. The number of halogens is 1. The molecule has 1 aromatic carbocycles. The summed E-state index contributed by atoms with van der Waals surface area (Å²) in [7, 11) is 0. The van der Waals surface area contributed by atoms with E-state index in [4.69, 9.17) is 0 Å². The molecule has 108 valence electrons. The first kappa shape index (κ1) is 14.5. The van der Waals surface area contributed by atoms with E-state index in [0.29, 0.717) is 5.52 Å². The fourth-order valence-corrected chi connectivity index (χ4v) is 1.91. The van der Waals surface area contributed by atoms with E-state index in [0.717, 1.165) is 0 Å².